The van der Waals surface area contributed by atoms with Crippen molar-refractivity contribution in [3.8, 4) is 11.5 Å². The summed E-state index contributed by atoms with van der Waals surface area (Å²) in [6.45, 7) is 2.68. The lowest BCUT2D eigenvalue weighted by Gasteiger charge is -2.19. The summed E-state index contributed by atoms with van der Waals surface area (Å²) in [4.78, 5) is 0. The van der Waals surface area contributed by atoms with Crippen LogP contribution in [0.5, 0.6) is 11.5 Å². The third-order valence-electron chi connectivity index (χ3n) is 4.37. The number of para-hydroxylation sites is 2. The van der Waals surface area contributed by atoms with E-state index < -0.39 is 0 Å². The number of hydrogen-bond acceptors (Lipinski definition) is 4. The summed E-state index contributed by atoms with van der Waals surface area (Å²) in [6.07, 6.45) is -0.0611. The van der Waals surface area contributed by atoms with Crippen LogP contribution < -0.4 is 14.8 Å². The van der Waals surface area contributed by atoms with Gasteiger partial charge in [0, 0.05) is 13.1 Å². The number of rotatable bonds is 11. The van der Waals surface area contributed by atoms with Crippen molar-refractivity contribution >= 4 is 0 Å². The van der Waals surface area contributed by atoms with Gasteiger partial charge in [-0.05, 0) is 23.3 Å². The molecule has 0 aliphatic rings. The molecule has 3 rings (SSSR count). The molecule has 0 saturated carbocycles. The highest BCUT2D eigenvalue weighted by Gasteiger charge is 2.13. The second kappa shape index (κ2) is 11.1. The van der Waals surface area contributed by atoms with Gasteiger partial charge in [0.05, 0.1) is 13.7 Å². The molecular weight excluding hydrogens is 350 g/mol. The topological polar surface area (TPSA) is 39.7 Å². The van der Waals surface area contributed by atoms with Crippen LogP contribution in [-0.2, 0) is 4.74 Å². The molecule has 146 valence electrons. The average Bonchev–Trinajstić information content (AvgIpc) is 2.77. The lowest BCUT2D eigenvalue weighted by Crippen LogP contribution is -2.25. The molecule has 0 aliphatic carbocycles. The Balaban J connectivity index is 1.42. The molecule has 0 saturated heterocycles. The first-order chi connectivity index (χ1) is 13.9. The van der Waals surface area contributed by atoms with E-state index >= 15 is 0 Å². The van der Waals surface area contributed by atoms with Crippen LogP contribution in [0.4, 0.5) is 0 Å². The summed E-state index contributed by atoms with van der Waals surface area (Å²) < 4.78 is 17.2. The molecule has 0 bridgehead atoms. The Morgan fingerprint density at radius 3 is 1.82 bits per heavy atom. The van der Waals surface area contributed by atoms with Gasteiger partial charge in [-0.1, -0.05) is 72.8 Å². The van der Waals surface area contributed by atoms with Crippen LogP contribution in [0, 0.1) is 0 Å². The zero-order chi connectivity index (χ0) is 19.4. The van der Waals surface area contributed by atoms with Crippen molar-refractivity contribution in [3.63, 3.8) is 0 Å². The molecule has 0 spiro atoms. The smallest absolute Gasteiger partial charge is 0.161 e. The molecule has 0 aromatic heterocycles. The quantitative estimate of drug-likeness (QED) is 0.501. The van der Waals surface area contributed by atoms with Gasteiger partial charge in [0.2, 0.25) is 0 Å². The average molecular weight is 377 g/mol. The third kappa shape index (κ3) is 5.84. The van der Waals surface area contributed by atoms with Crippen LogP contribution in [0.15, 0.2) is 84.9 Å². The normalized spacial score (nSPS) is 10.8. The van der Waals surface area contributed by atoms with E-state index in [2.05, 4.69) is 29.6 Å². The Hall–Kier alpha value is -2.82. The number of hydrogen-bond donors (Lipinski definition) is 1. The number of nitrogens with one attached hydrogen (secondary N) is 1. The van der Waals surface area contributed by atoms with Crippen molar-refractivity contribution in [1.29, 1.82) is 0 Å². The summed E-state index contributed by atoms with van der Waals surface area (Å²) >= 11 is 0. The summed E-state index contributed by atoms with van der Waals surface area (Å²) in [5, 5.41) is 3.36. The van der Waals surface area contributed by atoms with E-state index in [4.69, 9.17) is 14.2 Å². The molecule has 3 aromatic rings. The van der Waals surface area contributed by atoms with Crippen molar-refractivity contribution in [2.45, 2.75) is 6.10 Å². The fourth-order valence-corrected chi connectivity index (χ4v) is 2.99. The second-order valence-corrected chi connectivity index (χ2v) is 6.32. The zero-order valence-electron chi connectivity index (χ0n) is 16.2. The Bertz CT molecular complexity index is 769. The van der Waals surface area contributed by atoms with Gasteiger partial charge < -0.3 is 19.5 Å². The Labute approximate surface area is 167 Å². The molecule has 0 aliphatic heterocycles. The van der Waals surface area contributed by atoms with Crippen molar-refractivity contribution in [2.75, 3.05) is 33.4 Å². The summed E-state index contributed by atoms with van der Waals surface area (Å²) in [5.74, 6) is 1.51. The van der Waals surface area contributed by atoms with Gasteiger partial charge in [-0.15, -0.1) is 0 Å². The minimum absolute atomic E-state index is 0.0611. The molecule has 4 heteroatoms. The van der Waals surface area contributed by atoms with Gasteiger partial charge in [-0.3, -0.25) is 0 Å². The maximum Gasteiger partial charge on any atom is 0.161 e. The summed E-state index contributed by atoms with van der Waals surface area (Å²) in [7, 11) is 1.65. The maximum absolute atomic E-state index is 6.19. The first kappa shape index (κ1) is 19.9. The van der Waals surface area contributed by atoms with E-state index in [-0.39, 0.29) is 6.10 Å². The van der Waals surface area contributed by atoms with Crippen LogP contribution in [0.3, 0.4) is 0 Å². The van der Waals surface area contributed by atoms with Crippen molar-refractivity contribution in [2.24, 2.45) is 0 Å². The number of ether oxygens (including phenoxy) is 3. The van der Waals surface area contributed by atoms with Crippen LogP contribution in [0.2, 0.25) is 0 Å². The monoisotopic (exact) mass is 377 g/mol. The van der Waals surface area contributed by atoms with Crippen LogP contribution in [-0.4, -0.2) is 33.4 Å². The fourth-order valence-electron chi connectivity index (χ4n) is 2.99. The first-order valence-electron chi connectivity index (χ1n) is 9.56. The second-order valence-electron chi connectivity index (χ2n) is 6.32. The van der Waals surface area contributed by atoms with Crippen molar-refractivity contribution < 1.29 is 14.2 Å². The molecule has 28 heavy (non-hydrogen) atoms. The lowest BCUT2D eigenvalue weighted by molar-refractivity contribution is 0.0816. The van der Waals surface area contributed by atoms with Gasteiger partial charge in [0.1, 0.15) is 12.7 Å². The minimum Gasteiger partial charge on any atom is -0.493 e. The highest BCUT2D eigenvalue weighted by molar-refractivity contribution is 5.39. The van der Waals surface area contributed by atoms with Crippen LogP contribution in [0.25, 0.3) is 0 Å². The zero-order valence-corrected chi connectivity index (χ0v) is 16.2. The standard InChI is InChI=1S/C24H27NO3/c1-26-22-14-8-9-15-23(22)27-18-16-25-17-19-28-24(20-10-4-2-5-11-20)21-12-6-3-7-13-21/h2-15,24-25H,16-19H2,1H3. The van der Waals surface area contributed by atoms with E-state index in [9.17, 15) is 0 Å². The molecule has 0 atom stereocenters. The first-order valence-corrected chi connectivity index (χ1v) is 9.56. The minimum atomic E-state index is -0.0611. The largest absolute Gasteiger partial charge is 0.493 e. The Morgan fingerprint density at radius 2 is 1.21 bits per heavy atom. The summed E-state index contributed by atoms with van der Waals surface area (Å²) in [5.41, 5.74) is 2.32. The molecule has 0 heterocycles. The van der Waals surface area contributed by atoms with Crippen LogP contribution >= 0.6 is 0 Å². The predicted molar refractivity (Wildman–Crippen MR) is 112 cm³/mol. The maximum atomic E-state index is 6.19. The Kier molecular flexibility index (Phi) is 7.91. The molecule has 1 N–H and O–H groups in total. The highest BCUT2D eigenvalue weighted by atomic mass is 16.5. The lowest BCUT2D eigenvalue weighted by atomic mass is 10.0. The van der Waals surface area contributed by atoms with Gasteiger partial charge in [-0.25, -0.2) is 0 Å². The molecular formula is C24H27NO3. The van der Waals surface area contributed by atoms with Gasteiger partial charge in [-0.2, -0.15) is 0 Å². The molecule has 4 nitrogen and oxygen atoms in total. The molecule has 0 amide bonds. The third-order valence-corrected chi connectivity index (χ3v) is 4.37. The highest BCUT2D eigenvalue weighted by Crippen LogP contribution is 2.26. The van der Waals surface area contributed by atoms with Crippen LogP contribution in [0.1, 0.15) is 17.2 Å². The van der Waals surface area contributed by atoms with Gasteiger partial charge in [0.15, 0.2) is 11.5 Å². The van der Waals surface area contributed by atoms with E-state index in [1.807, 2.05) is 60.7 Å². The van der Waals surface area contributed by atoms with E-state index in [0.29, 0.717) is 13.2 Å². The summed E-state index contributed by atoms with van der Waals surface area (Å²) in [6, 6.07) is 28.3. The van der Waals surface area contributed by atoms with Crippen molar-refractivity contribution in [1.82, 2.24) is 5.32 Å². The van der Waals surface area contributed by atoms with E-state index in [1.54, 1.807) is 7.11 Å². The number of benzene rings is 3. The molecule has 0 radical (unpaired) electrons. The predicted octanol–water partition coefficient (Wildman–Crippen LogP) is 4.47. The number of methoxy groups -OCH3 is 1. The molecule has 0 fully saturated rings. The van der Waals surface area contributed by atoms with Crippen molar-refractivity contribution in [3.05, 3.63) is 96.1 Å². The Morgan fingerprint density at radius 1 is 0.679 bits per heavy atom. The SMILES string of the molecule is COc1ccccc1OCCNCCOC(c1ccccc1)c1ccccc1. The van der Waals surface area contributed by atoms with E-state index in [1.165, 1.54) is 0 Å². The molecule has 0 unspecified atom stereocenters. The fraction of sp³-hybridized carbons (Fsp3) is 0.250. The van der Waals surface area contributed by atoms with Gasteiger partial charge in [0.25, 0.3) is 0 Å². The molecule has 3 aromatic carbocycles. The van der Waals surface area contributed by atoms with E-state index in [0.717, 1.165) is 35.7 Å². The van der Waals surface area contributed by atoms with Gasteiger partial charge >= 0.3 is 0 Å².